The molecule has 2 unspecified atom stereocenters. The molecule has 1 aromatic heterocycles. The molecule has 12 heavy (non-hydrogen) atoms. The van der Waals surface area contributed by atoms with Crippen LogP contribution in [0, 0.1) is 11.8 Å². The standard InChI is InChI=1S/C8H11N3S/c9-8(7-10-4-12-11-7)2-5-1-6(5)3-8/h4-6H,1-3,9H2. The zero-order valence-corrected chi connectivity index (χ0v) is 7.55. The molecular formula is C8H11N3S. The monoisotopic (exact) mass is 181 g/mol. The van der Waals surface area contributed by atoms with Crippen molar-refractivity contribution in [1.29, 1.82) is 0 Å². The molecule has 4 heteroatoms. The lowest BCUT2D eigenvalue weighted by atomic mass is 9.94. The van der Waals surface area contributed by atoms with E-state index in [1.54, 1.807) is 5.51 Å². The van der Waals surface area contributed by atoms with Crippen LogP contribution < -0.4 is 5.73 Å². The molecular weight excluding hydrogens is 170 g/mol. The molecule has 3 nitrogen and oxygen atoms in total. The number of aromatic nitrogens is 2. The molecule has 0 spiro atoms. The van der Waals surface area contributed by atoms with Gasteiger partial charge in [-0.3, -0.25) is 0 Å². The third-order valence-electron chi connectivity index (χ3n) is 3.13. The first kappa shape index (κ1) is 6.97. The van der Waals surface area contributed by atoms with E-state index >= 15 is 0 Å². The third kappa shape index (κ3) is 0.850. The normalized spacial score (nSPS) is 44.4. The van der Waals surface area contributed by atoms with Crippen molar-refractivity contribution in [3.05, 3.63) is 11.3 Å². The van der Waals surface area contributed by atoms with Crippen molar-refractivity contribution in [3.8, 4) is 0 Å². The Kier molecular flexibility index (Phi) is 1.20. The summed E-state index contributed by atoms with van der Waals surface area (Å²) >= 11 is 1.40. The molecule has 1 heterocycles. The Balaban J connectivity index is 1.92. The summed E-state index contributed by atoms with van der Waals surface area (Å²) in [5, 5.41) is 0. The number of hydrogen-bond acceptors (Lipinski definition) is 4. The van der Waals surface area contributed by atoms with Gasteiger partial charge in [0.25, 0.3) is 0 Å². The number of nitrogens with zero attached hydrogens (tertiary/aromatic N) is 2. The lowest BCUT2D eigenvalue weighted by molar-refractivity contribution is 0.391. The van der Waals surface area contributed by atoms with Gasteiger partial charge in [0.1, 0.15) is 5.51 Å². The second kappa shape index (κ2) is 2.06. The summed E-state index contributed by atoms with van der Waals surface area (Å²) in [6.07, 6.45) is 3.60. The highest BCUT2D eigenvalue weighted by atomic mass is 32.1. The molecule has 0 aliphatic heterocycles. The quantitative estimate of drug-likeness (QED) is 0.706. The van der Waals surface area contributed by atoms with Gasteiger partial charge in [-0.15, -0.1) is 0 Å². The molecule has 2 aliphatic rings. The number of fused-ring (bicyclic) bond motifs is 1. The Morgan fingerprint density at radius 1 is 1.50 bits per heavy atom. The van der Waals surface area contributed by atoms with Crippen LogP contribution in [0.5, 0.6) is 0 Å². The van der Waals surface area contributed by atoms with E-state index in [9.17, 15) is 0 Å². The van der Waals surface area contributed by atoms with Crippen molar-refractivity contribution in [3.63, 3.8) is 0 Å². The molecule has 3 rings (SSSR count). The zero-order chi connectivity index (χ0) is 8.18. The van der Waals surface area contributed by atoms with E-state index in [1.807, 2.05) is 0 Å². The van der Waals surface area contributed by atoms with Crippen molar-refractivity contribution in [1.82, 2.24) is 9.36 Å². The first-order valence-corrected chi connectivity index (χ1v) is 5.17. The highest BCUT2D eigenvalue weighted by molar-refractivity contribution is 7.03. The minimum Gasteiger partial charge on any atom is -0.319 e. The predicted molar refractivity (Wildman–Crippen MR) is 46.6 cm³/mol. The second-order valence-corrected chi connectivity index (χ2v) is 4.68. The van der Waals surface area contributed by atoms with E-state index in [0.29, 0.717) is 0 Å². The number of hydrogen-bond donors (Lipinski definition) is 1. The first-order chi connectivity index (χ1) is 5.78. The molecule has 64 valence electrons. The molecule has 1 aromatic rings. The average Bonchev–Trinajstić information content (AvgIpc) is 2.59. The van der Waals surface area contributed by atoms with Gasteiger partial charge in [0.05, 0.1) is 5.54 Å². The molecule has 2 atom stereocenters. The highest BCUT2D eigenvalue weighted by Crippen LogP contribution is 2.57. The van der Waals surface area contributed by atoms with Gasteiger partial charge in [-0.1, -0.05) is 0 Å². The second-order valence-electron chi connectivity index (χ2n) is 4.08. The Labute approximate surface area is 75.2 Å². The molecule has 0 radical (unpaired) electrons. The minimum atomic E-state index is -0.173. The van der Waals surface area contributed by atoms with Gasteiger partial charge >= 0.3 is 0 Å². The van der Waals surface area contributed by atoms with Crippen LogP contribution in [0.2, 0.25) is 0 Å². The molecule has 2 fully saturated rings. The molecule has 2 N–H and O–H groups in total. The van der Waals surface area contributed by atoms with Crippen LogP contribution >= 0.6 is 11.5 Å². The summed E-state index contributed by atoms with van der Waals surface area (Å²) in [5.74, 6) is 2.65. The van der Waals surface area contributed by atoms with E-state index in [0.717, 1.165) is 30.5 Å². The molecule has 0 saturated heterocycles. The van der Waals surface area contributed by atoms with E-state index in [1.165, 1.54) is 18.0 Å². The van der Waals surface area contributed by atoms with Crippen LogP contribution in [-0.2, 0) is 5.54 Å². The van der Waals surface area contributed by atoms with E-state index < -0.39 is 0 Å². The topological polar surface area (TPSA) is 51.8 Å². The van der Waals surface area contributed by atoms with Crippen LogP contribution in [0.25, 0.3) is 0 Å². The van der Waals surface area contributed by atoms with Gasteiger partial charge in [-0.2, -0.15) is 4.37 Å². The van der Waals surface area contributed by atoms with Gasteiger partial charge in [0.2, 0.25) is 0 Å². The summed E-state index contributed by atoms with van der Waals surface area (Å²) in [7, 11) is 0. The van der Waals surface area contributed by atoms with E-state index in [-0.39, 0.29) is 5.54 Å². The van der Waals surface area contributed by atoms with Crippen LogP contribution in [0.4, 0.5) is 0 Å². The fraction of sp³-hybridized carbons (Fsp3) is 0.750. The smallest absolute Gasteiger partial charge is 0.162 e. The lowest BCUT2D eigenvalue weighted by Crippen LogP contribution is -2.36. The summed E-state index contributed by atoms with van der Waals surface area (Å²) in [6, 6.07) is 0. The molecule has 2 saturated carbocycles. The Morgan fingerprint density at radius 2 is 2.25 bits per heavy atom. The van der Waals surface area contributed by atoms with Gasteiger partial charge in [-0.05, 0) is 42.6 Å². The van der Waals surface area contributed by atoms with Crippen molar-refractivity contribution < 1.29 is 0 Å². The van der Waals surface area contributed by atoms with Gasteiger partial charge in [0, 0.05) is 0 Å². The number of nitrogens with two attached hydrogens (primary N) is 1. The fourth-order valence-electron chi connectivity index (χ4n) is 2.40. The number of rotatable bonds is 1. The van der Waals surface area contributed by atoms with Crippen LogP contribution in [0.15, 0.2) is 5.51 Å². The Hall–Kier alpha value is -0.480. The summed E-state index contributed by atoms with van der Waals surface area (Å²) < 4.78 is 4.23. The van der Waals surface area contributed by atoms with Crippen molar-refractivity contribution >= 4 is 11.5 Å². The van der Waals surface area contributed by atoms with Gasteiger partial charge in [-0.25, -0.2) is 4.98 Å². The fourth-order valence-corrected chi connectivity index (χ4v) is 2.92. The van der Waals surface area contributed by atoms with Gasteiger partial charge in [0.15, 0.2) is 5.82 Å². The molecule has 0 aromatic carbocycles. The maximum Gasteiger partial charge on any atom is 0.162 e. The summed E-state index contributed by atoms with van der Waals surface area (Å²) in [4.78, 5) is 4.21. The Bertz CT molecular complexity index is 285. The van der Waals surface area contributed by atoms with Crippen molar-refractivity contribution in [2.45, 2.75) is 24.8 Å². The van der Waals surface area contributed by atoms with Crippen molar-refractivity contribution in [2.75, 3.05) is 0 Å². The largest absolute Gasteiger partial charge is 0.319 e. The first-order valence-electron chi connectivity index (χ1n) is 4.34. The SMILES string of the molecule is NC1(c2ncsn2)CC2CC2C1. The molecule has 0 amide bonds. The average molecular weight is 181 g/mol. The third-order valence-corrected chi connectivity index (χ3v) is 3.61. The Morgan fingerprint density at radius 3 is 2.83 bits per heavy atom. The highest BCUT2D eigenvalue weighted by Gasteiger charge is 2.54. The predicted octanol–water partition coefficient (Wildman–Crippen LogP) is 1.12. The maximum absolute atomic E-state index is 6.23. The van der Waals surface area contributed by atoms with Crippen molar-refractivity contribution in [2.24, 2.45) is 17.6 Å². The minimum absolute atomic E-state index is 0.173. The van der Waals surface area contributed by atoms with E-state index in [2.05, 4.69) is 9.36 Å². The zero-order valence-electron chi connectivity index (χ0n) is 6.73. The van der Waals surface area contributed by atoms with E-state index in [4.69, 9.17) is 5.73 Å². The maximum atomic E-state index is 6.23. The summed E-state index contributed by atoms with van der Waals surface area (Å²) in [5.41, 5.74) is 7.83. The molecule has 0 bridgehead atoms. The van der Waals surface area contributed by atoms with Crippen LogP contribution in [0.1, 0.15) is 25.1 Å². The van der Waals surface area contributed by atoms with Crippen LogP contribution in [0.3, 0.4) is 0 Å². The van der Waals surface area contributed by atoms with Gasteiger partial charge < -0.3 is 5.73 Å². The molecule has 2 aliphatic carbocycles. The lowest BCUT2D eigenvalue weighted by Gasteiger charge is -2.21. The summed E-state index contributed by atoms with van der Waals surface area (Å²) in [6.45, 7) is 0. The van der Waals surface area contributed by atoms with Crippen LogP contribution in [-0.4, -0.2) is 9.36 Å².